The molecule has 0 saturated heterocycles. The summed E-state index contributed by atoms with van der Waals surface area (Å²) in [4.78, 5) is 21.7. The maximum absolute atomic E-state index is 12.6. The topological polar surface area (TPSA) is 85.8 Å². The van der Waals surface area contributed by atoms with E-state index >= 15 is 0 Å². The van der Waals surface area contributed by atoms with Crippen LogP contribution in [0, 0.1) is 0 Å². The van der Waals surface area contributed by atoms with Crippen LogP contribution in [0.25, 0.3) is 11.0 Å². The van der Waals surface area contributed by atoms with Gasteiger partial charge < -0.3 is 14.4 Å². The number of amides is 1. The minimum atomic E-state index is -0.320. The third-order valence-electron chi connectivity index (χ3n) is 4.65. The van der Waals surface area contributed by atoms with Crippen LogP contribution in [-0.4, -0.2) is 25.6 Å². The van der Waals surface area contributed by atoms with Crippen LogP contribution in [-0.2, 0) is 11.3 Å². The van der Waals surface area contributed by atoms with Crippen molar-refractivity contribution in [2.45, 2.75) is 58.0 Å². The molecule has 1 atom stereocenters. The van der Waals surface area contributed by atoms with Crippen molar-refractivity contribution in [2.24, 2.45) is 0 Å². The monoisotopic (exact) mass is 353 g/mol. The number of benzene rings is 1. The molecule has 2 heterocycles. The van der Waals surface area contributed by atoms with Crippen molar-refractivity contribution < 1.29 is 9.32 Å². The summed E-state index contributed by atoms with van der Waals surface area (Å²) in [6.07, 6.45) is 2.23. The van der Waals surface area contributed by atoms with Gasteiger partial charge >= 0.3 is 0 Å². The molecule has 0 spiro atoms. The smallest absolute Gasteiger partial charge is 0.248 e. The number of fused-ring (bicyclic) bond motifs is 1. The fourth-order valence-electron chi connectivity index (χ4n) is 3.12. The Labute approximate surface area is 151 Å². The first kappa shape index (κ1) is 16.8. The Bertz CT molecular complexity index is 938. The Morgan fingerprint density at radius 2 is 2.04 bits per heavy atom. The highest BCUT2D eigenvalue weighted by Gasteiger charge is 2.30. The van der Waals surface area contributed by atoms with Crippen molar-refractivity contribution in [3.05, 3.63) is 41.8 Å². The number of aromatic nitrogens is 4. The Morgan fingerprint density at radius 1 is 1.27 bits per heavy atom. The highest BCUT2D eigenvalue weighted by Crippen LogP contribution is 2.38. The van der Waals surface area contributed by atoms with E-state index in [1.807, 2.05) is 35.8 Å². The van der Waals surface area contributed by atoms with E-state index in [9.17, 15) is 4.79 Å². The first-order valence-electron chi connectivity index (χ1n) is 9.11. The molecule has 0 unspecified atom stereocenters. The Morgan fingerprint density at radius 3 is 2.77 bits per heavy atom. The van der Waals surface area contributed by atoms with Crippen molar-refractivity contribution >= 4 is 16.9 Å². The van der Waals surface area contributed by atoms with E-state index in [1.54, 1.807) is 0 Å². The number of rotatable bonds is 6. The molecule has 3 aromatic rings. The SMILES string of the molecule is CC(C)c1nc2ccccc2n1CC(=O)N[C@@H](C)c1nc(C2CC2)no1. The zero-order valence-corrected chi connectivity index (χ0v) is 15.3. The van der Waals surface area contributed by atoms with Crippen LogP contribution >= 0.6 is 0 Å². The van der Waals surface area contributed by atoms with Gasteiger partial charge in [-0.3, -0.25) is 4.79 Å². The van der Waals surface area contributed by atoms with Crippen LogP contribution < -0.4 is 5.32 Å². The van der Waals surface area contributed by atoms with Gasteiger partial charge in [0.25, 0.3) is 0 Å². The standard InChI is InChI=1S/C19H23N5O2/c1-11(2)18-21-14-6-4-5-7-15(14)24(18)10-16(25)20-12(3)19-22-17(23-26-19)13-8-9-13/h4-7,11-13H,8-10H2,1-3H3,(H,20,25)/t12-/m0/s1. The van der Waals surface area contributed by atoms with Gasteiger partial charge in [-0.2, -0.15) is 4.98 Å². The van der Waals surface area contributed by atoms with Crippen molar-refractivity contribution in [3.8, 4) is 0 Å². The van der Waals surface area contributed by atoms with E-state index in [0.29, 0.717) is 11.8 Å². The number of carbonyl (C=O) groups excluding carboxylic acids is 1. The molecule has 1 fully saturated rings. The van der Waals surface area contributed by atoms with Crippen molar-refractivity contribution in [1.29, 1.82) is 0 Å². The van der Waals surface area contributed by atoms with Gasteiger partial charge in [0.2, 0.25) is 11.8 Å². The number of hydrogen-bond acceptors (Lipinski definition) is 5. The van der Waals surface area contributed by atoms with Crippen LogP contribution in [0.3, 0.4) is 0 Å². The van der Waals surface area contributed by atoms with Gasteiger partial charge in [0.05, 0.1) is 11.0 Å². The Balaban J connectivity index is 1.50. The fourth-order valence-corrected chi connectivity index (χ4v) is 3.12. The molecule has 1 N–H and O–H groups in total. The molecule has 7 nitrogen and oxygen atoms in total. The third-order valence-corrected chi connectivity index (χ3v) is 4.65. The zero-order chi connectivity index (χ0) is 18.3. The number of carbonyl (C=O) groups is 1. The van der Waals surface area contributed by atoms with E-state index < -0.39 is 0 Å². The summed E-state index contributed by atoms with van der Waals surface area (Å²) in [7, 11) is 0. The molecule has 0 bridgehead atoms. The van der Waals surface area contributed by atoms with Crippen LogP contribution in [0.1, 0.15) is 69.0 Å². The van der Waals surface area contributed by atoms with E-state index in [1.165, 1.54) is 0 Å². The molecule has 136 valence electrons. The molecule has 2 aromatic heterocycles. The van der Waals surface area contributed by atoms with E-state index in [2.05, 4.69) is 34.3 Å². The van der Waals surface area contributed by atoms with Gasteiger partial charge in [-0.1, -0.05) is 31.1 Å². The summed E-state index contributed by atoms with van der Waals surface area (Å²) in [6.45, 7) is 6.23. The average molecular weight is 353 g/mol. The maximum atomic E-state index is 12.6. The second kappa shape index (κ2) is 6.55. The highest BCUT2D eigenvalue weighted by atomic mass is 16.5. The normalized spacial score (nSPS) is 15.5. The summed E-state index contributed by atoms with van der Waals surface area (Å²) >= 11 is 0. The van der Waals surface area contributed by atoms with Crippen LogP contribution in [0.15, 0.2) is 28.8 Å². The van der Waals surface area contributed by atoms with Gasteiger partial charge in [0.15, 0.2) is 5.82 Å². The van der Waals surface area contributed by atoms with E-state index in [4.69, 9.17) is 4.52 Å². The van der Waals surface area contributed by atoms with Crippen molar-refractivity contribution in [2.75, 3.05) is 0 Å². The second-order valence-electron chi connectivity index (χ2n) is 7.25. The van der Waals surface area contributed by atoms with Gasteiger partial charge in [0, 0.05) is 11.8 Å². The number of nitrogens with one attached hydrogen (secondary N) is 1. The predicted octanol–water partition coefficient (Wildman–Crippen LogP) is 3.30. The quantitative estimate of drug-likeness (QED) is 0.735. The number of hydrogen-bond donors (Lipinski definition) is 1. The number of nitrogens with zero attached hydrogens (tertiary/aromatic N) is 4. The Kier molecular flexibility index (Phi) is 4.22. The van der Waals surface area contributed by atoms with Crippen molar-refractivity contribution in [1.82, 2.24) is 25.0 Å². The second-order valence-corrected chi connectivity index (χ2v) is 7.25. The summed E-state index contributed by atoms with van der Waals surface area (Å²) in [5, 5.41) is 6.96. The van der Waals surface area contributed by atoms with Crippen LogP contribution in [0.4, 0.5) is 0 Å². The lowest BCUT2D eigenvalue weighted by Crippen LogP contribution is -2.31. The molecule has 0 radical (unpaired) electrons. The average Bonchev–Trinajstić information content (AvgIpc) is 3.22. The summed E-state index contributed by atoms with van der Waals surface area (Å²) < 4.78 is 7.28. The summed E-state index contributed by atoms with van der Waals surface area (Å²) in [5.41, 5.74) is 1.87. The molecular weight excluding hydrogens is 330 g/mol. The lowest BCUT2D eigenvalue weighted by atomic mass is 10.2. The first-order valence-corrected chi connectivity index (χ1v) is 9.11. The van der Waals surface area contributed by atoms with Gasteiger partial charge in [0.1, 0.15) is 18.4 Å². The van der Waals surface area contributed by atoms with Crippen LogP contribution in [0.2, 0.25) is 0 Å². The number of imidazole rings is 1. The van der Waals surface area contributed by atoms with Gasteiger partial charge in [-0.25, -0.2) is 4.98 Å². The molecule has 7 heteroatoms. The lowest BCUT2D eigenvalue weighted by molar-refractivity contribution is -0.122. The molecule has 26 heavy (non-hydrogen) atoms. The maximum Gasteiger partial charge on any atom is 0.248 e. The Hall–Kier alpha value is -2.70. The van der Waals surface area contributed by atoms with E-state index in [0.717, 1.165) is 35.5 Å². The highest BCUT2D eigenvalue weighted by molar-refractivity contribution is 5.81. The zero-order valence-electron chi connectivity index (χ0n) is 15.3. The molecular formula is C19H23N5O2. The molecule has 1 saturated carbocycles. The van der Waals surface area contributed by atoms with Crippen LogP contribution in [0.5, 0.6) is 0 Å². The largest absolute Gasteiger partial charge is 0.343 e. The molecule has 4 rings (SSSR count). The molecule has 1 aromatic carbocycles. The van der Waals surface area contributed by atoms with Crippen molar-refractivity contribution in [3.63, 3.8) is 0 Å². The van der Waals surface area contributed by atoms with Gasteiger partial charge in [-0.05, 0) is 31.9 Å². The fraction of sp³-hybridized carbons (Fsp3) is 0.474. The first-order chi connectivity index (χ1) is 12.5. The molecule has 1 aliphatic carbocycles. The summed E-state index contributed by atoms with van der Waals surface area (Å²) in [5.74, 6) is 2.67. The number of para-hydroxylation sites is 2. The lowest BCUT2D eigenvalue weighted by Gasteiger charge is -2.13. The third kappa shape index (κ3) is 3.21. The minimum absolute atomic E-state index is 0.103. The minimum Gasteiger partial charge on any atom is -0.343 e. The molecule has 1 aliphatic rings. The van der Waals surface area contributed by atoms with E-state index in [-0.39, 0.29) is 24.4 Å². The molecule has 0 aliphatic heterocycles. The predicted molar refractivity (Wildman–Crippen MR) is 96.7 cm³/mol. The summed E-state index contributed by atoms with van der Waals surface area (Å²) in [6, 6.07) is 7.56. The molecule has 1 amide bonds. The van der Waals surface area contributed by atoms with Gasteiger partial charge in [-0.15, -0.1) is 0 Å².